The number of morpholine rings is 1. The summed E-state index contributed by atoms with van der Waals surface area (Å²) in [6.45, 7) is 4.26. The van der Waals surface area contributed by atoms with E-state index < -0.39 is 10.0 Å². The molecule has 0 spiro atoms. The minimum absolute atomic E-state index is 0.0160. The summed E-state index contributed by atoms with van der Waals surface area (Å²) < 4.78 is 32.7. The van der Waals surface area contributed by atoms with Crippen molar-refractivity contribution < 1.29 is 13.2 Å². The van der Waals surface area contributed by atoms with Gasteiger partial charge in [-0.3, -0.25) is 0 Å². The highest BCUT2D eigenvalue weighted by Gasteiger charge is 2.31. The molecule has 0 bridgehead atoms. The van der Waals surface area contributed by atoms with Crippen molar-refractivity contribution in [3.8, 4) is 0 Å². The van der Waals surface area contributed by atoms with Gasteiger partial charge in [-0.1, -0.05) is 6.92 Å². The number of ether oxygens (including phenoxy) is 1. The number of nitrogens with zero attached hydrogens (tertiary/aromatic N) is 1. The first kappa shape index (κ1) is 15.9. The number of sulfonamides is 1. The molecule has 0 aliphatic carbocycles. The molecule has 1 aromatic heterocycles. The average Bonchev–Trinajstić information content (AvgIpc) is 2.94. The smallest absolute Gasteiger partial charge is 0.252 e. The fraction of sp³-hybridized carbons (Fsp3) is 0.692. The topological polar surface area (TPSA) is 58.6 Å². The van der Waals surface area contributed by atoms with Gasteiger partial charge in [0, 0.05) is 18.0 Å². The molecule has 1 fully saturated rings. The van der Waals surface area contributed by atoms with Crippen LogP contribution in [0.5, 0.6) is 0 Å². The monoisotopic (exact) mass is 318 g/mol. The third-order valence-corrected chi connectivity index (χ3v) is 6.89. The fourth-order valence-corrected chi connectivity index (χ4v) is 5.13. The van der Waals surface area contributed by atoms with Gasteiger partial charge in [0.2, 0.25) is 0 Å². The third-order valence-electron chi connectivity index (χ3n) is 3.41. The van der Waals surface area contributed by atoms with Crippen LogP contribution < -0.4 is 5.32 Å². The van der Waals surface area contributed by atoms with Crippen molar-refractivity contribution in [2.24, 2.45) is 0 Å². The first-order chi connectivity index (χ1) is 9.57. The molecule has 1 saturated heterocycles. The molecule has 2 heterocycles. The maximum absolute atomic E-state index is 12.6. The van der Waals surface area contributed by atoms with Gasteiger partial charge in [0.25, 0.3) is 10.0 Å². The van der Waals surface area contributed by atoms with Gasteiger partial charge in [0.1, 0.15) is 4.21 Å². The minimum Gasteiger partial charge on any atom is -0.375 e. The van der Waals surface area contributed by atoms with Crippen LogP contribution in [0.25, 0.3) is 0 Å². The molecule has 0 aromatic carbocycles. The van der Waals surface area contributed by atoms with Crippen LogP contribution >= 0.6 is 11.3 Å². The van der Waals surface area contributed by atoms with Crippen LogP contribution in [0.1, 0.15) is 18.2 Å². The Bertz CT molecular complexity index is 527. The number of hydrogen-bond donors (Lipinski definition) is 1. The number of rotatable bonds is 6. The van der Waals surface area contributed by atoms with Gasteiger partial charge < -0.3 is 10.1 Å². The lowest BCUT2D eigenvalue weighted by Crippen LogP contribution is -2.45. The Labute approximate surface area is 125 Å². The molecular weight excluding hydrogens is 296 g/mol. The van der Waals surface area contributed by atoms with Gasteiger partial charge in [0.15, 0.2) is 0 Å². The van der Waals surface area contributed by atoms with Gasteiger partial charge >= 0.3 is 0 Å². The van der Waals surface area contributed by atoms with Gasteiger partial charge in [0.05, 0.1) is 12.7 Å². The molecule has 7 heteroatoms. The zero-order chi connectivity index (χ0) is 14.6. The number of nitrogens with one attached hydrogen (secondary N) is 1. The first-order valence-electron chi connectivity index (χ1n) is 6.93. The molecule has 5 nitrogen and oxygen atoms in total. The Morgan fingerprint density at radius 1 is 1.50 bits per heavy atom. The maximum atomic E-state index is 12.6. The fourth-order valence-electron chi connectivity index (χ4n) is 2.16. The highest BCUT2D eigenvalue weighted by molar-refractivity contribution is 7.91. The van der Waals surface area contributed by atoms with Gasteiger partial charge in [-0.05, 0) is 38.6 Å². The normalized spacial score (nSPS) is 21.2. The Balaban J connectivity index is 2.11. The van der Waals surface area contributed by atoms with Crippen molar-refractivity contribution in [3.05, 3.63) is 17.0 Å². The second-order valence-corrected chi connectivity index (χ2v) is 8.17. The third kappa shape index (κ3) is 3.59. The SMILES string of the molecule is CCC1CN(S(=O)(=O)c2ccc(CCNC)s2)CCO1. The molecule has 114 valence electrons. The second-order valence-electron chi connectivity index (χ2n) is 4.84. The lowest BCUT2D eigenvalue weighted by Gasteiger charge is -2.31. The van der Waals surface area contributed by atoms with E-state index in [0.29, 0.717) is 23.9 Å². The van der Waals surface area contributed by atoms with Gasteiger partial charge in [-0.2, -0.15) is 4.31 Å². The molecule has 1 aromatic rings. The van der Waals surface area contributed by atoms with Crippen molar-refractivity contribution in [2.45, 2.75) is 30.1 Å². The van der Waals surface area contributed by atoms with Crippen molar-refractivity contribution in [1.82, 2.24) is 9.62 Å². The quantitative estimate of drug-likeness (QED) is 0.859. The number of likely N-dealkylation sites (N-methyl/N-ethyl adjacent to an activating group) is 1. The van der Waals surface area contributed by atoms with Crippen molar-refractivity contribution in [3.63, 3.8) is 0 Å². The number of hydrogen-bond acceptors (Lipinski definition) is 5. The lowest BCUT2D eigenvalue weighted by molar-refractivity contribution is -0.00272. The number of thiophene rings is 1. The van der Waals surface area contributed by atoms with Crippen LogP contribution in [0.2, 0.25) is 0 Å². The highest BCUT2D eigenvalue weighted by Crippen LogP contribution is 2.26. The lowest BCUT2D eigenvalue weighted by atomic mass is 10.2. The van der Waals surface area contributed by atoms with Crippen molar-refractivity contribution in [2.75, 3.05) is 33.3 Å². The molecule has 20 heavy (non-hydrogen) atoms. The van der Waals surface area contributed by atoms with E-state index >= 15 is 0 Å². The Morgan fingerprint density at radius 2 is 2.30 bits per heavy atom. The summed E-state index contributed by atoms with van der Waals surface area (Å²) in [6, 6.07) is 3.63. The van der Waals surface area contributed by atoms with Gasteiger partial charge in [-0.25, -0.2) is 8.42 Å². The van der Waals surface area contributed by atoms with E-state index in [9.17, 15) is 8.42 Å². The first-order valence-corrected chi connectivity index (χ1v) is 9.18. The summed E-state index contributed by atoms with van der Waals surface area (Å²) >= 11 is 1.37. The summed E-state index contributed by atoms with van der Waals surface area (Å²) in [5, 5.41) is 3.07. The van der Waals surface area contributed by atoms with Crippen LogP contribution in [-0.2, 0) is 21.2 Å². The molecular formula is C13H22N2O3S2. The Hall–Kier alpha value is -0.470. The van der Waals surface area contributed by atoms with Crippen LogP contribution in [0, 0.1) is 0 Å². The predicted molar refractivity (Wildman–Crippen MR) is 80.7 cm³/mol. The zero-order valence-corrected chi connectivity index (χ0v) is 13.6. The minimum atomic E-state index is -3.36. The van der Waals surface area contributed by atoms with Crippen molar-refractivity contribution in [1.29, 1.82) is 0 Å². The van der Waals surface area contributed by atoms with Crippen LogP contribution in [0.3, 0.4) is 0 Å². The molecule has 0 radical (unpaired) electrons. The molecule has 1 aliphatic rings. The predicted octanol–water partition coefficient (Wildman–Crippen LogP) is 1.31. The Morgan fingerprint density at radius 3 is 3.00 bits per heavy atom. The maximum Gasteiger partial charge on any atom is 0.252 e. The van der Waals surface area contributed by atoms with E-state index in [2.05, 4.69) is 5.32 Å². The van der Waals surface area contributed by atoms with Crippen LogP contribution in [0.15, 0.2) is 16.3 Å². The largest absolute Gasteiger partial charge is 0.375 e. The molecule has 0 amide bonds. The molecule has 1 aliphatic heterocycles. The highest BCUT2D eigenvalue weighted by atomic mass is 32.2. The van der Waals surface area contributed by atoms with E-state index in [-0.39, 0.29) is 6.10 Å². The summed E-state index contributed by atoms with van der Waals surface area (Å²) in [6.07, 6.45) is 1.71. The van der Waals surface area contributed by atoms with Gasteiger partial charge in [-0.15, -0.1) is 11.3 Å². The second kappa shape index (κ2) is 7.00. The molecule has 0 saturated carbocycles. The van der Waals surface area contributed by atoms with E-state index in [1.54, 1.807) is 10.4 Å². The summed E-state index contributed by atoms with van der Waals surface area (Å²) in [4.78, 5) is 1.10. The van der Waals surface area contributed by atoms with E-state index in [1.165, 1.54) is 11.3 Å². The standard InChI is InChI=1S/C13H22N2O3S2/c1-3-11-10-15(8-9-18-11)20(16,17)13-5-4-12(19-13)6-7-14-2/h4-5,11,14H,3,6-10H2,1-2H3. The van der Waals surface area contributed by atoms with Crippen molar-refractivity contribution >= 4 is 21.4 Å². The van der Waals surface area contributed by atoms with E-state index in [1.807, 2.05) is 20.0 Å². The average molecular weight is 318 g/mol. The summed E-state index contributed by atoms with van der Waals surface area (Å²) in [5.74, 6) is 0. The molecule has 1 unspecified atom stereocenters. The molecule has 1 N–H and O–H groups in total. The summed E-state index contributed by atoms with van der Waals surface area (Å²) in [5.41, 5.74) is 0. The molecule has 2 rings (SSSR count). The van der Waals surface area contributed by atoms with Crippen LogP contribution in [0.4, 0.5) is 0 Å². The zero-order valence-electron chi connectivity index (χ0n) is 12.0. The van der Waals surface area contributed by atoms with Crippen LogP contribution in [-0.4, -0.2) is 52.1 Å². The van der Waals surface area contributed by atoms with E-state index in [4.69, 9.17) is 4.74 Å². The van der Waals surface area contributed by atoms with E-state index in [0.717, 1.165) is 24.3 Å². The Kier molecular flexibility index (Phi) is 5.57. The summed E-state index contributed by atoms with van der Waals surface area (Å²) in [7, 11) is -1.47. The molecule has 1 atom stereocenters.